The van der Waals surface area contributed by atoms with Crippen LogP contribution in [0, 0.1) is 6.92 Å². The number of hydrogen-bond donors (Lipinski definition) is 1. The van der Waals surface area contributed by atoms with E-state index in [1.165, 1.54) is 0 Å². The molecule has 0 fully saturated rings. The maximum Gasteiger partial charge on any atom is 0.139 e. The first-order valence-electron chi connectivity index (χ1n) is 7.17. The van der Waals surface area contributed by atoms with E-state index in [4.69, 9.17) is 22.1 Å². The molecule has 2 N–H and O–H groups in total. The maximum absolute atomic E-state index is 6.30. The summed E-state index contributed by atoms with van der Waals surface area (Å²) >= 11 is 6.30. The molecule has 2 atom stereocenters. The summed E-state index contributed by atoms with van der Waals surface area (Å²) in [5, 5.41) is 0.627. The molecule has 0 aromatic heterocycles. The van der Waals surface area contributed by atoms with E-state index < -0.39 is 5.60 Å². The van der Waals surface area contributed by atoms with Gasteiger partial charge >= 0.3 is 0 Å². The van der Waals surface area contributed by atoms with Crippen LogP contribution in [0.4, 0.5) is 0 Å². The van der Waals surface area contributed by atoms with Gasteiger partial charge in [0.05, 0.1) is 5.02 Å². The van der Waals surface area contributed by atoms with Gasteiger partial charge in [-0.1, -0.05) is 48.0 Å². The molecule has 112 valence electrons. The first kappa shape index (κ1) is 15.9. The molecule has 0 radical (unpaired) electrons. The Morgan fingerprint density at radius 2 is 1.86 bits per heavy atom. The molecular weight excluding hydrogens is 282 g/mol. The number of aryl methyl sites for hydroxylation is 1. The molecule has 0 aliphatic rings. The second kappa shape index (κ2) is 6.50. The van der Waals surface area contributed by atoms with Crippen molar-refractivity contribution in [1.82, 2.24) is 0 Å². The normalized spacial score (nSPS) is 15.3. The highest BCUT2D eigenvalue weighted by Gasteiger charge is 2.30. The van der Waals surface area contributed by atoms with E-state index in [-0.39, 0.29) is 6.04 Å². The van der Waals surface area contributed by atoms with Gasteiger partial charge in [0, 0.05) is 12.5 Å². The summed E-state index contributed by atoms with van der Waals surface area (Å²) in [4.78, 5) is 0. The molecule has 3 heteroatoms. The van der Waals surface area contributed by atoms with E-state index in [1.807, 2.05) is 50.2 Å². The highest BCUT2D eigenvalue weighted by molar-refractivity contribution is 6.32. The molecule has 2 nitrogen and oxygen atoms in total. The smallest absolute Gasteiger partial charge is 0.139 e. The molecule has 2 rings (SSSR count). The number of ether oxygens (including phenoxy) is 1. The van der Waals surface area contributed by atoms with E-state index in [2.05, 4.69) is 19.1 Å². The Hall–Kier alpha value is -1.51. The minimum Gasteiger partial charge on any atom is -0.481 e. The lowest BCUT2D eigenvalue weighted by Gasteiger charge is -2.33. The third-order valence-corrected chi connectivity index (χ3v) is 3.81. The van der Waals surface area contributed by atoms with Gasteiger partial charge in [-0.05, 0) is 44.0 Å². The highest BCUT2D eigenvalue weighted by atomic mass is 35.5. The summed E-state index contributed by atoms with van der Waals surface area (Å²) in [5.74, 6) is 0.689. The van der Waals surface area contributed by atoms with Gasteiger partial charge in [-0.25, -0.2) is 0 Å². The van der Waals surface area contributed by atoms with Crippen LogP contribution in [0.2, 0.25) is 5.02 Å². The zero-order valence-electron chi connectivity index (χ0n) is 12.8. The molecule has 0 aliphatic carbocycles. The van der Waals surface area contributed by atoms with E-state index >= 15 is 0 Å². The van der Waals surface area contributed by atoms with Crippen molar-refractivity contribution in [2.45, 2.75) is 38.8 Å². The van der Waals surface area contributed by atoms with Crippen LogP contribution in [0.25, 0.3) is 0 Å². The topological polar surface area (TPSA) is 35.2 Å². The summed E-state index contributed by atoms with van der Waals surface area (Å²) in [6, 6.07) is 16.0. The van der Waals surface area contributed by atoms with Gasteiger partial charge in [0.1, 0.15) is 11.4 Å². The summed E-state index contributed by atoms with van der Waals surface area (Å²) in [7, 11) is 0. The van der Waals surface area contributed by atoms with Crippen LogP contribution >= 0.6 is 11.6 Å². The van der Waals surface area contributed by atoms with E-state index in [9.17, 15) is 0 Å². The van der Waals surface area contributed by atoms with Gasteiger partial charge in [-0.3, -0.25) is 0 Å². The molecule has 0 bridgehead atoms. The molecular formula is C18H22ClNO. The summed E-state index contributed by atoms with van der Waals surface area (Å²) in [5.41, 5.74) is 7.72. The standard InChI is InChI=1S/C18H22ClNO/c1-13-9-10-17(16(19)11-13)21-18(3,12-14(2)20)15-7-5-4-6-8-15/h4-11,14H,12,20H2,1-3H3. The van der Waals surface area contributed by atoms with Crippen molar-refractivity contribution in [2.24, 2.45) is 5.73 Å². The van der Waals surface area contributed by atoms with Crippen LogP contribution in [0.1, 0.15) is 31.4 Å². The van der Waals surface area contributed by atoms with Gasteiger partial charge in [0.25, 0.3) is 0 Å². The molecule has 2 unspecified atom stereocenters. The second-order valence-corrected chi connectivity index (χ2v) is 6.22. The summed E-state index contributed by atoms with van der Waals surface area (Å²) in [6.45, 7) is 6.05. The SMILES string of the molecule is Cc1ccc(OC(C)(CC(C)N)c2ccccc2)c(Cl)c1. The number of halogens is 1. The summed E-state index contributed by atoms with van der Waals surface area (Å²) in [6.07, 6.45) is 0.710. The van der Waals surface area contributed by atoms with Crippen LogP contribution in [-0.2, 0) is 5.60 Å². The van der Waals surface area contributed by atoms with Crippen molar-refractivity contribution >= 4 is 11.6 Å². The minimum absolute atomic E-state index is 0.0272. The fraction of sp³-hybridized carbons (Fsp3) is 0.333. The van der Waals surface area contributed by atoms with E-state index in [0.29, 0.717) is 17.2 Å². The molecule has 2 aromatic rings. The predicted octanol–water partition coefficient (Wildman–Crippen LogP) is 4.68. The van der Waals surface area contributed by atoms with Crippen LogP contribution in [0.3, 0.4) is 0 Å². The lowest BCUT2D eigenvalue weighted by atomic mass is 9.89. The Labute approximate surface area is 131 Å². The first-order valence-corrected chi connectivity index (χ1v) is 7.55. The third-order valence-electron chi connectivity index (χ3n) is 3.52. The van der Waals surface area contributed by atoms with Crippen molar-refractivity contribution in [3.8, 4) is 5.75 Å². The van der Waals surface area contributed by atoms with Gasteiger partial charge in [-0.2, -0.15) is 0 Å². The molecule has 0 saturated heterocycles. The fourth-order valence-corrected chi connectivity index (χ4v) is 2.83. The lowest BCUT2D eigenvalue weighted by Crippen LogP contribution is -2.36. The van der Waals surface area contributed by atoms with Gasteiger partial charge in [-0.15, -0.1) is 0 Å². The van der Waals surface area contributed by atoms with Crippen molar-refractivity contribution in [2.75, 3.05) is 0 Å². The minimum atomic E-state index is -0.506. The van der Waals surface area contributed by atoms with Crippen molar-refractivity contribution in [1.29, 1.82) is 0 Å². The molecule has 0 amide bonds. The second-order valence-electron chi connectivity index (χ2n) is 5.81. The number of hydrogen-bond acceptors (Lipinski definition) is 2. The Morgan fingerprint density at radius 1 is 1.19 bits per heavy atom. The third kappa shape index (κ3) is 3.99. The Balaban J connectivity index is 2.37. The van der Waals surface area contributed by atoms with Crippen molar-refractivity contribution in [3.05, 3.63) is 64.7 Å². The molecule has 0 aliphatic heterocycles. The maximum atomic E-state index is 6.30. The molecule has 2 aromatic carbocycles. The number of rotatable bonds is 5. The average molecular weight is 304 g/mol. The number of nitrogens with two attached hydrogens (primary N) is 1. The van der Waals surface area contributed by atoms with Gasteiger partial charge < -0.3 is 10.5 Å². The van der Waals surface area contributed by atoms with Gasteiger partial charge in [0.15, 0.2) is 0 Å². The van der Waals surface area contributed by atoms with Gasteiger partial charge in [0.2, 0.25) is 0 Å². The molecule has 0 spiro atoms. The highest BCUT2D eigenvalue weighted by Crippen LogP contribution is 2.35. The Morgan fingerprint density at radius 3 is 2.43 bits per heavy atom. The fourth-order valence-electron chi connectivity index (χ4n) is 2.55. The van der Waals surface area contributed by atoms with Crippen LogP contribution < -0.4 is 10.5 Å². The first-order chi connectivity index (χ1) is 9.90. The Bertz CT molecular complexity index is 597. The zero-order chi connectivity index (χ0) is 15.5. The van der Waals surface area contributed by atoms with E-state index in [0.717, 1.165) is 11.1 Å². The summed E-state index contributed by atoms with van der Waals surface area (Å²) < 4.78 is 6.27. The van der Waals surface area contributed by atoms with Crippen molar-refractivity contribution < 1.29 is 4.74 Å². The molecule has 0 heterocycles. The lowest BCUT2D eigenvalue weighted by molar-refractivity contribution is 0.0711. The Kier molecular flexibility index (Phi) is 4.92. The number of benzene rings is 2. The average Bonchev–Trinajstić information content (AvgIpc) is 2.42. The van der Waals surface area contributed by atoms with Crippen molar-refractivity contribution in [3.63, 3.8) is 0 Å². The van der Waals surface area contributed by atoms with Crippen LogP contribution in [0.15, 0.2) is 48.5 Å². The largest absolute Gasteiger partial charge is 0.481 e. The quantitative estimate of drug-likeness (QED) is 0.870. The zero-order valence-corrected chi connectivity index (χ0v) is 13.5. The van der Waals surface area contributed by atoms with Crippen LogP contribution in [0.5, 0.6) is 5.75 Å². The monoisotopic (exact) mass is 303 g/mol. The van der Waals surface area contributed by atoms with E-state index in [1.54, 1.807) is 0 Å². The predicted molar refractivity (Wildman–Crippen MR) is 88.9 cm³/mol. The van der Waals surface area contributed by atoms with Crippen LogP contribution in [-0.4, -0.2) is 6.04 Å². The molecule has 21 heavy (non-hydrogen) atoms. The molecule has 0 saturated carbocycles.